The highest BCUT2D eigenvalue weighted by Gasteiger charge is 2.33. The van der Waals surface area contributed by atoms with Crippen molar-refractivity contribution in [2.24, 2.45) is 0 Å². The topological polar surface area (TPSA) is 35.5 Å². The second kappa shape index (κ2) is 7.21. The molecule has 0 aliphatic heterocycles. The fraction of sp³-hybridized carbons (Fsp3) is 0.647. The normalized spacial score (nSPS) is 20.0. The third-order valence-electron chi connectivity index (χ3n) is 4.71. The first-order valence-electron chi connectivity index (χ1n) is 7.75. The van der Waals surface area contributed by atoms with Crippen LogP contribution in [0.2, 0.25) is 0 Å². The molecule has 0 radical (unpaired) electrons. The van der Waals surface area contributed by atoms with E-state index in [4.69, 9.17) is 0 Å². The molecule has 0 unspecified atom stereocenters. The Morgan fingerprint density at radius 1 is 1.15 bits per heavy atom. The van der Waals surface area contributed by atoms with Gasteiger partial charge in [-0.1, -0.05) is 49.6 Å². The predicted octanol–water partition coefficient (Wildman–Crippen LogP) is 2.57. The molecule has 112 valence electrons. The van der Waals surface area contributed by atoms with Gasteiger partial charge in [0.25, 0.3) is 0 Å². The Hall–Kier alpha value is -0.900. The molecule has 0 bridgehead atoms. The van der Waals surface area contributed by atoms with Crippen LogP contribution in [-0.4, -0.2) is 42.7 Å². The minimum Gasteiger partial charge on any atom is -0.387 e. The van der Waals surface area contributed by atoms with Gasteiger partial charge >= 0.3 is 0 Å². The van der Waals surface area contributed by atoms with Gasteiger partial charge in [0.15, 0.2) is 0 Å². The molecule has 1 aromatic carbocycles. The van der Waals surface area contributed by atoms with Crippen LogP contribution in [0.25, 0.3) is 0 Å². The molecule has 1 aliphatic rings. The Bertz CT molecular complexity index is 385. The molecule has 1 fully saturated rings. The molecule has 3 nitrogen and oxygen atoms in total. The summed E-state index contributed by atoms with van der Waals surface area (Å²) in [5.41, 5.74) is 1.26. The van der Waals surface area contributed by atoms with Crippen molar-refractivity contribution in [1.29, 1.82) is 0 Å². The van der Waals surface area contributed by atoms with Crippen LogP contribution < -0.4 is 5.32 Å². The van der Waals surface area contributed by atoms with Crippen molar-refractivity contribution in [3.63, 3.8) is 0 Å². The first-order chi connectivity index (χ1) is 9.64. The number of rotatable bonds is 6. The molecule has 20 heavy (non-hydrogen) atoms. The number of hydrogen-bond acceptors (Lipinski definition) is 3. The lowest BCUT2D eigenvalue weighted by atomic mass is 9.80. The van der Waals surface area contributed by atoms with Crippen LogP contribution in [-0.2, 0) is 0 Å². The molecular formula is C17H28N2O. The second-order valence-corrected chi connectivity index (χ2v) is 6.24. The zero-order chi connectivity index (χ0) is 14.4. The predicted molar refractivity (Wildman–Crippen MR) is 83.8 cm³/mol. The third kappa shape index (κ3) is 3.81. The standard InChI is InChI=1S/C17H28N2O/c1-19(2)17(11-7-4-8-12-17)14-18-13-16(20)15-9-5-3-6-10-15/h3,5-6,9-10,16,18,20H,4,7-8,11-14H2,1-2H3/t16-/m0/s1. The van der Waals surface area contributed by atoms with Crippen molar-refractivity contribution < 1.29 is 5.11 Å². The van der Waals surface area contributed by atoms with Crippen molar-refractivity contribution >= 4 is 0 Å². The van der Waals surface area contributed by atoms with Crippen LogP contribution in [0.1, 0.15) is 43.8 Å². The molecule has 0 amide bonds. The van der Waals surface area contributed by atoms with E-state index < -0.39 is 6.10 Å². The SMILES string of the molecule is CN(C)C1(CNC[C@H](O)c2ccccc2)CCCCC1. The molecular weight excluding hydrogens is 248 g/mol. The maximum absolute atomic E-state index is 10.2. The summed E-state index contributed by atoms with van der Waals surface area (Å²) in [7, 11) is 4.36. The Morgan fingerprint density at radius 3 is 2.40 bits per heavy atom. The molecule has 0 saturated heterocycles. The summed E-state index contributed by atoms with van der Waals surface area (Å²) in [4.78, 5) is 2.37. The Balaban J connectivity index is 1.84. The van der Waals surface area contributed by atoms with E-state index in [-0.39, 0.29) is 5.54 Å². The largest absolute Gasteiger partial charge is 0.387 e. The summed E-state index contributed by atoms with van der Waals surface area (Å²) in [5, 5.41) is 13.7. The first-order valence-corrected chi connectivity index (χ1v) is 7.75. The fourth-order valence-corrected chi connectivity index (χ4v) is 3.23. The van der Waals surface area contributed by atoms with Crippen LogP contribution in [0.5, 0.6) is 0 Å². The molecule has 0 spiro atoms. The van der Waals surface area contributed by atoms with E-state index in [0.29, 0.717) is 6.54 Å². The second-order valence-electron chi connectivity index (χ2n) is 6.24. The average molecular weight is 276 g/mol. The molecule has 2 rings (SSSR count). The van der Waals surface area contributed by atoms with Crippen molar-refractivity contribution in [2.45, 2.75) is 43.7 Å². The van der Waals surface area contributed by atoms with E-state index >= 15 is 0 Å². The highest BCUT2D eigenvalue weighted by atomic mass is 16.3. The van der Waals surface area contributed by atoms with E-state index in [1.54, 1.807) is 0 Å². The van der Waals surface area contributed by atoms with Crippen molar-refractivity contribution in [3.05, 3.63) is 35.9 Å². The Kier molecular flexibility index (Phi) is 5.58. The molecule has 1 atom stereocenters. The van der Waals surface area contributed by atoms with Gasteiger partial charge in [0.1, 0.15) is 0 Å². The molecule has 0 heterocycles. The number of aliphatic hydroxyl groups is 1. The number of aliphatic hydroxyl groups excluding tert-OH is 1. The van der Waals surface area contributed by atoms with Gasteiger partial charge in [0.2, 0.25) is 0 Å². The zero-order valence-electron chi connectivity index (χ0n) is 12.8. The van der Waals surface area contributed by atoms with Crippen LogP contribution in [0.15, 0.2) is 30.3 Å². The van der Waals surface area contributed by atoms with Crippen LogP contribution in [0.3, 0.4) is 0 Å². The summed E-state index contributed by atoms with van der Waals surface area (Å²) in [6, 6.07) is 9.89. The fourth-order valence-electron chi connectivity index (χ4n) is 3.23. The minimum atomic E-state index is -0.418. The van der Waals surface area contributed by atoms with Crippen LogP contribution in [0, 0.1) is 0 Å². The van der Waals surface area contributed by atoms with Crippen molar-refractivity contribution in [1.82, 2.24) is 10.2 Å². The van der Waals surface area contributed by atoms with Gasteiger partial charge in [0, 0.05) is 18.6 Å². The van der Waals surface area contributed by atoms with E-state index in [9.17, 15) is 5.11 Å². The van der Waals surface area contributed by atoms with Gasteiger partial charge in [-0.2, -0.15) is 0 Å². The summed E-state index contributed by atoms with van der Waals surface area (Å²) < 4.78 is 0. The molecule has 2 N–H and O–H groups in total. The molecule has 0 aromatic heterocycles. The number of hydrogen-bond donors (Lipinski definition) is 2. The lowest BCUT2D eigenvalue weighted by Crippen LogP contribution is -2.53. The Labute approximate surface area is 123 Å². The van der Waals surface area contributed by atoms with Crippen LogP contribution in [0.4, 0.5) is 0 Å². The highest BCUT2D eigenvalue weighted by Crippen LogP contribution is 2.31. The smallest absolute Gasteiger partial charge is 0.0914 e. The lowest BCUT2D eigenvalue weighted by Gasteiger charge is -2.43. The van der Waals surface area contributed by atoms with E-state index in [0.717, 1.165) is 12.1 Å². The van der Waals surface area contributed by atoms with Gasteiger partial charge < -0.3 is 15.3 Å². The van der Waals surface area contributed by atoms with Gasteiger partial charge in [0.05, 0.1) is 6.10 Å². The van der Waals surface area contributed by atoms with E-state index in [1.165, 1.54) is 32.1 Å². The van der Waals surface area contributed by atoms with Gasteiger partial charge in [-0.05, 0) is 32.5 Å². The monoisotopic (exact) mass is 276 g/mol. The number of nitrogens with one attached hydrogen (secondary N) is 1. The third-order valence-corrected chi connectivity index (χ3v) is 4.71. The lowest BCUT2D eigenvalue weighted by molar-refractivity contribution is 0.0911. The first kappa shape index (κ1) is 15.5. The summed E-state index contributed by atoms with van der Waals surface area (Å²) in [6.07, 6.45) is 6.10. The maximum atomic E-state index is 10.2. The summed E-state index contributed by atoms with van der Waals surface area (Å²) >= 11 is 0. The maximum Gasteiger partial charge on any atom is 0.0914 e. The molecule has 1 saturated carbocycles. The molecule has 3 heteroatoms. The number of likely N-dealkylation sites (N-methyl/N-ethyl adjacent to an activating group) is 1. The average Bonchev–Trinajstić information content (AvgIpc) is 2.49. The quantitative estimate of drug-likeness (QED) is 0.838. The number of benzene rings is 1. The minimum absolute atomic E-state index is 0.272. The molecule has 1 aliphatic carbocycles. The Morgan fingerprint density at radius 2 is 1.80 bits per heavy atom. The van der Waals surface area contributed by atoms with Crippen LogP contribution >= 0.6 is 0 Å². The van der Waals surface area contributed by atoms with E-state index in [2.05, 4.69) is 24.3 Å². The number of nitrogens with zero attached hydrogens (tertiary/aromatic N) is 1. The summed E-state index contributed by atoms with van der Waals surface area (Å²) in [6.45, 7) is 1.59. The van der Waals surface area contributed by atoms with E-state index in [1.807, 2.05) is 30.3 Å². The molecule has 1 aromatic rings. The van der Waals surface area contributed by atoms with Crippen molar-refractivity contribution in [2.75, 3.05) is 27.2 Å². The van der Waals surface area contributed by atoms with Gasteiger partial charge in [-0.25, -0.2) is 0 Å². The zero-order valence-corrected chi connectivity index (χ0v) is 12.8. The highest BCUT2D eigenvalue weighted by molar-refractivity contribution is 5.17. The van der Waals surface area contributed by atoms with Crippen molar-refractivity contribution in [3.8, 4) is 0 Å². The summed E-state index contributed by atoms with van der Waals surface area (Å²) in [5.74, 6) is 0. The van der Waals surface area contributed by atoms with Gasteiger partial charge in [-0.15, -0.1) is 0 Å². The van der Waals surface area contributed by atoms with Gasteiger partial charge in [-0.3, -0.25) is 0 Å².